The van der Waals surface area contributed by atoms with Crippen LogP contribution in [0.3, 0.4) is 0 Å². The van der Waals surface area contributed by atoms with Crippen molar-refractivity contribution in [3.63, 3.8) is 0 Å². The van der Waals surface area contributed by atoms with Crippen LogP contribution in [-0.2, 0) is 6.54 Å². The zero-order chi connectivity index (χ0) is 20.8. The first-order chi connectivity index (χ1) is 13.4. The number of thiophene rings is 1. The Bertz CT molecular complexity index is 1020. The first-order valence-corrected chi connectivity index (χ1v) is 10.5. The minimum absolute atomic E-state index is 0.0678. The van der Waals surface area contributed by atoms with Crippen molar-refractivity contribution in [3.8, 4) is 0 Å². The Hall–Kier alpha value is -2.48. The Labute approximate surface area is 169 Å². The predicted molar refractivity (Wildman–Crippen MR) is 118 cm³/mol. The molecular weight excluding hydrogens is 374 g/mol. The molecule has 0 radical (unpaired) electrons. The molecule has 3 heterocycles. The molecule has 0 saturated heterocycles. The SMILES string of the molecule is CCCC.CCCCn1cnc2c(sc3ncc(C(N)=O)c(N(C)C)c32)c1=O. The summed E-state index contributed by atoms with van der Waals surface area (Å²) in [4.78, 5) is 35.7. The van der Waals surface area contributed by atoms with Crippen LogP contribution < -0.4 is 16.2 Å². The second-order valence-corrected chi connectivity index (χ2v) is 7.83. The van der Waals surface area contributed by atoms with Crippen LogP contribution in [0.15, 0.2) is 17.3 Å². The van der Waals surface area contributed by atoms with Crippen molar-refractivity contribution in [1.29, 1.82) is 0 Å². The molecule has 28 heavy (non-hydrogen) atoms. The number of unbranched alkanes of at least 4 members (excludes halogenated alkanes) is 2. The van der Waals surface area contributed by atoms with Crippen molar-refractivity contribution in [2.75, 3.05) is 19.0 Å². The molecule has 0 aromatic carbocycles. The topological polar surface area (TPSA) is 94.1 Å². The number of aromatic nitrogens is 3. The molecule has 3 aromatic heterocycles. The van der Waals surface area contributed by atoms with E-state index in [-0.39, 0.29) is 5.56 Å². The molecule has 0 saturated carbocycles. The molecule has 0 atom stereocenters. The summed E-state index contributed by atoms with van der Waals surface area (Å²) < 4.78 is 2.19. The third-order valence-electron chi connectivity index (χ3n) is 4.41. The van der Waals surface area contributed by atoms with Gasteiger partial charge in [-0.2, -0.15) is 0 Å². The predicted octanol–water partition coefficient (Wildman–Crippen LogP) is 3.78. The van der Waals surface area contributed by atoms with E-state index in [4.69, 9.17) is 5.73 Å². The summed E-state index contributed by atoms with van der Waals surface area (Å²) in [6, 6.07) is 0. The summed E-state index contributed by atoms with van der Waals surface area (Å²) in [5.41, 5.74) is 6.96. The molecule has 0 aliphatic heterocycles. The molecule has 7 nitrogen and oxygen atoms in total. The highest BCUT2D eigenvalue weighted by Gasteiger charge is 2.21. The number of aryl methyl sites for hydroxylation is 1. The number of amides is 1. The molecule has 0 aliphatic rings. The first-order valence-electron chi connectivity index (χ1n) is 9.64. The Morgan fingerprint density at radius 3 is 2.39 bits per heavy atom. The lowest BCUT2D eigenvalue weighted by molar-refractivity contribution is 0.100. The van der Waals surface area contributed by atoms with Gasteiger partial charge >= 0.3 is 0 Å². The number of fused-ring (bicyclic) bond motifs is 3. The first kappa shape index (κ1) is 21.8. The normalized spacial score (nSPS) is 10.8. The minimum Gasteiger partial charge on any atom is -0.376 e. The van der Waals surface area contributed by atoms with Gasteiger partial charge < -0.3 is 10.6 Å². The smallest absolute Gasteiger partial charge is 0.271 e. The van der Waals surface area contributed by atoms with Gasteiger partial charge in [0.05, 0.1) is 28.5 Å². The quantitative estimate of drug-likeness (QED) is 0.676. The van der Waals surface area contributed by atoms with Crippen LogP contribution in [0.4, 0.5) is 5.69 Å². The number of nitrogens with two attached hydrogens (primary N) is 1. The zero-order valence-electron chi connectivity index (χ0n) is 17.3. The largest absolute Gasteiger partial charge is 0.376 e. The molecule has 0 aliphatic carbocycles. The number of pyridine rings is 1. The Morgan fingerprint density at radius 1 is 1.18 bits per heavy atom. The van der Waals surface area contributed by atoms with Gasteiger partial charge in [0.15, 0.2) is 0 Å². The number of rotatable bonds is 6. The molecule has 3 rings (SSSR count). The van der Waals surface area contributed by atoms with E-state index in [0.29, 0.717) is 38.2 Å². The van der Waals surface area contributed by atoms with Crippen molar-refractivity contribution < 1.29 is 4.79 Å². The summed E-state index contributed by atoms with van der Waals surface area (Å²) in [7, 11) is 3.65. The van der Waals surface area contributed by atoms with Crippen molar-refractivity contribution in [1.82, 2.24) is 14.5 Å². The molecule has 0 fully saturated rings. The van der Waals surface area contributed by atoms with E-state index < -0.39 is 5.91 Å². The molecular formula is C20H29N5O2S. The maximum atomic E-state index is 12.7. The Kier molecular flexibility index (Phi) is 7.51. The fourth-order valence-corrected chi connectivity index (χ4v) is 3.80. The number of hydrogen-bond acceptors (Lipinski definition) is 6. The van der Waals surface area contributed by atoms with Gasteiger partial charge in [-0.05, 0) is 6.42 Å². The lowest BCUT2D eigenvalue weighted by atomic mass is 10.1. The fourth-order valence-electron chi connectivity index (χ4n) is 2.75. The van der Waals surface area contributed by atoms with Crippen molar-refractivity contribution >= 4 is 43.4 Å². The number of nitrogens with zero attached hydrogens (tertiary/aromatic N) is 4. The van der Waals surface area contributed by atoms with Gasteiger partial charge in [-0.15, -0.1) is 11.3 Å². The maximum Gasteiger partial charge on any atom is 0.271 e. The molecule has 0 spiro atoms. The van der Waals surface area contributed by atoms with E-state index in [1.54, 1.807) is 15.8 Å². The number of anilines is 1. The second-order valence-electron chi connectivity index (χ2n) is 6.84. The molecule has 2 N–H and O–H groups in total. The number of carbonyl (C=O) groups is 1. The van der Waals surface area contributed by atoms with E-state index in [0.717, 1.165) is 12.8 Å². The third kappa shape index (κ3) is 4.32. The van der Waals surface area contributed by atoms with Gasteiger partial charge in [0.2, 0.25) is 0 Å². The van der Waals surface area contributed by atoms with Crippen LogP contribution in [0.25, 0.3) is 20.4 Å². The molecule has 0 bridgehead atoms. The summed E-state index contributed by atoms with van der Waals surface area (Å²) >= 11 is 1.30. The lowest BCUT2D eigenvalue weighted by Crippen LogP contribution is -2.20. The van der Waals surface area contributed by atoms with E-state index in [1.165, 1.54) is 30.4 Å². The van der Waals surface area contributed by atoms with Crippen LogP contribution in [0.5, 0.6) is 0 Å². The Balaban J connectivity index is 0.000000640. The molecule has 3 aromatic rings. The highest BCUT2D eigenvalue weighted by molar-refractivity contribution is 7.25. The standard InChI is InChI=1S/C16H19N5O2S.C4H10/c1-4-5-6-21-8-19-11-10-12(20(2)3)9(14(17)22)7-18-15(10)24-13(11)16(21)23;1-3-4-2/h7-8H,4-6H2,1-3H3,(H2,17,22);3-4H2,1-2H3. The molecule has 8 heteroatoms. The Morgan fingerprint density at radius 2 is 1.86 bits per heavy atom. The number of carbonyl (C=O) groups excluding carboxylic acids is 1. The van der Waals surface area contributed by atoms with Crippen LogP contribution >= 0.6 is 11.3 Å². The third-order valence-corrected chi connectivity index (χ3v) is 5.49. The van der Waals surface area contributed by atoms with Gasteiger partial charge in [-0.1, -0.05) is 40.0 Å². The van der Waals surface area contributed by atoms with Gasteiger partial charge in [0, 0.05) is 26.8 Å². The molecule has 0 unspecified atom stereocenters. The van der Waals surface area contributed by atoms with Gasteiger partial charge in [-0.3, -0.25) is 14.2 Å². The second kappa shape index (κ2) is 9.64. The summed E-state index contributed by atoms with van der Waals surface area (Å²) in [5.74, 6) is -0.552. The average Bonchev–Trinajstić information content (AvgIpc) is 3.06. The van der Waals surface area contributed by atoms with E-state index in [2.05, 4.69) is 30.7 Å². The van der Waals surface area contributed by atoms with Crippen LogP contribution in [0.1, 0.15) is 56.8 Å². The van der Waals surface area contributed by atoms with Gasteiger partial charge in [0.1, 0.15) is 9.53 Å². The van der Waals surface area contributed by atoms with E-state index in [9.17, 15) is 9.59 Å². The minimum atomic E-state index is -0.552. The maximum absolute atomic E-state index is 12.7. The van der Waals surface area contributed by atoms with Gasteiger partial charge in [-0.25, -0.2) is 9.97 Å². The van der Waals surface area contributed by atoms with Crippen LogP contribution in [0.2, 0.25) is 0 Å². The van der Waals surface area contributed by atoms with Crippen molar-refractivity contribution in [2.45, 2.75) is 53.0 Å². The fraction of sp³-hybridized carbons (Fsp3) is 0.500. The number of primary amides is 1. The van der Waals surface area contributed by atoms with E-state index >= 15 is 0 Å². The monoisotopic (exact) mass is 403 g/mol. The highest BCUT2D eigenvalue weighted by Crippen LogP contribution is 2.37. The van der Waals surface area contributed by atoms with Crippen molar-refractivity contribution in [3.05, 3.63) is 28.4 Å². The number of hydrogen-bond donors (Lipinski definition) is 1. The summed E-state index contributed by atoms with van der Waals surface area (Å²) in [6.45, 7) is 7.09. The van der Waals surface area contributed by atoms with Crippen LogP contribution in [0, 0.1) is 0 Å². The van der Waals surface area contributed by atoms with Gasteiger partial charge in [0.25, 0.3) is 11.5 Å². The highest BCUT2D eigenvalue weighted by atomic mass is 32.1. The molecule has 1 amide bonds. The van der Waals surface area contributed by atoms with Crippen molar-refractivity contribution in [2.24, 2.45) is 5.73 Å². The lowest BCUT2D eigenvalue weighted by Gasteiger charge is -2.16. The average molecular weight is 404 g/mol. The van der Waals surface area contributed by atoms with Crippen LogP contribution in [-0.4, -0.2) is 34.5 Å². The summed E-state index contributed by atoms with van der Waals surface area (Å²) in [6.07, 6.45) is 7.60. The summed E-state index contributed by atoms with van der Waals surface area (Å²) in [5, 5.41) is 0.705. The zero-order valence-corrected chi connectivity index (χ0v) is 18.1. The van der Waals surface area contributed by atoms with E-state index in [1.807, 2.05) is 14.1 Å². The molecule has 152 valence electrons.